The van der Waals surface area contributed by atoms with Crippen LogP contribution in [0.4, 0.5) is 0 Å². The fraction of sp³-hybridized carbons (Fsp3) is 1.00. The molecule has 2 heterocycles. The first-order valence-electron chi connectivity index (χ1n) is 6.23. The van der Waals surface area contributed by atoms with E-state index in [1.165, 1.54) is 0 Å². The van der Waals surface area contributed by atoms with Crippen LogP contribution in [-0.4, -0.2) is 67.1 Å². The molecule has 0 aromatic heterocycles. The molecule has 94 valence electrons. The Bertz CT molecular complexity index is 229. The second kappa shape index (κ2) is 5.74. The Morgan fingerprint density at radius 3 is 2.88 bits per heavy atom. The van der Waals surface area contributed by atoms with Crippen LogP contribution in [0, 0.1) is 0 Å². The molecule has 0 bridgehead atoms. The highest BCUT2D eigenvalue weighted by molar-refractivity contribution is 7.13. The van der Waals surface area contributed by atoms with Crippen LogP contribution in [0.25, 0.3) is 0 Å². The van der Waals surface area contributed by atoms with Gasteiger partial charge in [0.15, 0.2) is 0 Å². The average Bonchev–Trinajstić information content (AvgIpc) is 2.27. The zero-order valence-corrected chi connectivity index (χ0v) is 11.5. The van der Waals surface area contributed by atoms with Crippen molar-refractivity contribution < 1.29 is 4.74 Å². The highest BCUT2D eigenvalue weighted by atomic mass is 31.0. The Hall–Kier alpha value is 0.270. The van der Waals surface area contributed by atoms with Crippen LogP contribution in [0.3, 0.4) is 0 Å². The summed E-state index contributed by atoms with van der Waals surface area (Å²) in [6, 6.07) is 1.78. The molecule has 3 unspecified atom stereocenters. The molecule has 4 atom stereocenters. The number of ether oxygens (including phenoxy) is 1. The smallest absolute Gasteiger partial charge is 0.0619 e. The summed E-state index contributed by atoms with van der Waals surface area (Å²) in [6.45, 7) is 10.7. The highest BCUT2D eigenvalue weighted by Crippen LogP contribution is 2.14. The quantitative estimate of drug-likeness (QED) is 0.701. The number of hydrogen-bond donors (Lipinski definition) is 1. The molecule has 2 rings (SSSR count). The molecule has 2 saturated heterocycles. The third-order valence-corrected chi connectivity index (χ3v) is 4.38. The SMILES string of the molecule is CC1CN[C@@H](CN2CCOCC2C)CN1P. The molecule has 1 N–H and O–H groups in total. The van der Waals surface area contributed by atoms with Gasteiger partial charge >= 0.3 is 0 Å². The summed E-state index contributed by atoms with van der Waals surface area (Å²) in [5, 5.41) is 3.63. The van der Waals surface area contributed by atoms with Gasteiger partial charge in [0.25, 0.3) is 0 Å². The lowest BCUT2D eigenvalue weighted by Crippen LogP contribution is -2.58. The largest absolute Gasteiger partial charge is 0.379 e. The molecule has 4 nitrogen and oxygen atoms in total. The van der Waals surface area contributed by atoms with E-state index in [-0.39, 0.29) is 0 Å². The standard InChI is InChI=1S/C11H24N3OP/c1-9-5-12-11(7-14(9)16)6-13-3-4-15-8-10(13)2/h9-12H,3-8,16H2,1-2H3/t9?,10?,11-/m0/s1. The summed E-state index contributed by atoms with van der Waals surface area (Å²) < 4.78 is 7.83. The molecule has 0 radical (unpaired) electrons. The van der Waals surface area contributed by atoms with E-state index in [1.807, 2.05) is 0 Å². The van der Waals surface area contributed by atoms with Crippen molar-refractivity contribution in [2.45, 2.75) is 32.0 Å². The van der Waals surface area contributed by atoms with Gasteiger partial charge in [-0.25, -0.2) is 0 Å². The third kappa shape index (κ3) is 3.14. The van der Waals surface area contributed by atoms with Gasteiger partial charge in [0.05, 0.1) is 13.2 Å². The van der Waals surface area contributed by atoms with Crippen molar-refractivity contribution >= 4 is 9.39 Å². The lowest BCUT2D eigenvalue weighted by atomic mass is 10.1. The van der Waals surface area contributed by atoms with Crippen LogP contribution in [0.15, 0.2) is 0 Å². The minimum atomic E-state index is 0.563. The predicted octanol–water partition coefficient (Wildman–Crippen LogP) is 0.160. The molecule has 5 heteroatoms. The summed E-state index contributed by atoms with van der Waals surface area (Å²) in [5.41, 5.74) is 0. The first-order valence-corrected chi connectivity index (χ1v) is 6.75. The van der Waals surface area contributed by atoms with Crippen molar-refractivity contribution in [3.05, 3.63) is 0 Å². The van der Waals surface area contributed by atoms with E-state index < -0.39 is 0 Å². The Morgan fingerprint density at radius 1 is 1.38 bits per heavy atom. The van der Waals surface area contributed by atoms with E-state index in [0.717, 1.165) is 39.4 Å². The zero-order chi connectivity index (χ0) is 11.5. The Morgan fingerprint density at radius 2 is 2.19 bits per heavy atom. The van der Waals surface area contributed by atoms with Gasteiger partial charge in [-0.3, -0.25) is 9.57 Å². The van der Waals surface area contributed by atoms with Crippen LogP contribution < -0.4 is 5.32 Å². The van der Waals surface area contributed by atoms with Crippen molar-refractivity contribution in [1.82, 2.24) is 14.9 Å². The number of rotatable bonds is 2. The molecule has 0 saturated carbocycles. The molecule has 0 aromatic carbocycles. The number of piperazine rings is 1. The van der Waals surface area contributed by atoms with Crippen LogP contribution in [0.1, 0.15) is 13.8 Å². The van der Waals surface area contributed by atoms with Gasteiger partial charge in [-0.05, 0) is 13.8 Å². The third-order valence-electron chi connectivity index (χ3n) is 3.66. The monoisotopic (exact) mass is 245 g/mol. The first kappa shape index (κ1) is 12.7. The van der Waals surface area contributed by atoms with Crippen molar-refractivity contribution in [3.63, 3.8) is 0 Å². The molecule has 0 aromatic rings. The maximum atomic E-state index is 5.46. The lowest BCUT2D eigenvalue weighted by Gasteiger charge is -2.41. The fourth-order valence-corrected chi connectivity index (χ4v) is 2.75. The minimum absolute atomic E-state index is 0.563. The predicted molar refractivity (Wildman–Crippen MR) is 69.5 cm³/mol. The Kier molecular flexibility index (Phi) is 4.57. The first-order chi connectivity index (χ1) is 7.66. The molecule has 2 aliphatic heterocycles. The summed E-state index contributed by atoms with van der Waals surface area (Å²) in [5.74, 6) is 0. The van der Waals surface area contributed by atoms with Crippen molar-refractivity contribution in [2.75, 3.05) is 39.4 Å². The van der Waals surface area contributed by atoms with Crippen LogP contribution in [-0.2, 0) is 4.74 Å². The molecule has 0 spiro atoms. The molecule has 2 fully saturated rings. The van der Waals surface area contributed by atoms with Gasteiger partial charge < -0.3 is 10.1 Å². The van der Waals surface area contributed by atoms with Crippen LogP contribution in [0.5, 0.6) is 0 Å². The summed E-state index contributed by atoms with van der Waals surface area (Å²) in [6.07, 6.45) is 0. The molecular weight excluding hydrogens is 221 g/mol. The summed E-state index contributed by atoms with van der Waals surface area (Å²) in [4.78, 5) is 2.54. The number of nitrogens with one attached hydrogen (secondary N) is 1. The van der Waals surface area contributed by atoms with Crippen molar-refractivity contribution in [2.24, 2.45) is 0 Å². The molecular formula is C11H24N3OP. The zero-order valence-electron chi connectivity index (χ0n) is 10.4. The second-order valence-electron chi connectivity index (χ2n) is 5.07. The number of morpholine rings is 1. The van der Waals surface area contributed by atoms with E-state index >= 15 is 0 Å². The normalized spacial score (nSPS) is 38.8. The molecule has 2 aliphatic rings. The van der Waals surface area contributed by atoms with E-state index in [0.29, 0.717) is 18.1 Å². The van der Waals surface area contributed by atoms with Crippen molar-refractivity contribution in [1.29, 1.82) is 0 Å². The van der Waals surface area contributed by atoms with Gasteiger partial charge in [0.2, 0.25) is 0 Å². The van der Waals surface area contributed by atoms with Gasteiger partial charge in [0, 0.05) is 44.3 Å². The van der Waals surface area contributed by atoms with Gasteiger partial charge in [0.1, 0.15) is 0 Å². The number of nitrogens with zero attached hydrogens (tertiary/aromatic N) is 2. The Labute approximate surface area is 101 Å². The Balaban J connectivity index is 1.80. The average molecular weight is 245 g/mol. The maximum Gasteiger partial charge on any atom is 0.0619 e. The second-order valence-corrected chi connectivity index (χ2v) is 5.73. The summed E-state index contributed by atoms with van der Waals surface area (Å²) in [7, 11) is 2.85. The van der Waals surface area contributed by atoms with Gasteiger partial charge in [-0.1, -0.05) is 9.39 Å². The molecule has 16 heavy (non-hydrogen) atoms. The maximum absolute atomic E-state index is 5.46. The van der Waals surface area contributed by atoms with Gasteiger partial charge in [-0.15, -0.1) is 0 Å². The van der Waals surface area contributed by atoms with Gasteiger partial charge in [-0.2, -0.15) is 0 Å². The number of hydrogen-bond acceptors (Lipinski definition) is 4. The van der Waals surface area contributed by atoms with E-state index in [9.17, 15) is 0 Å². The van der Waals surface area contributed by atoms with Crippen LogP contribution in [0.2, 0.25) is 0 Å². The van der Waals surface area contributed by atoms with Crippen LogP contribution >= 0.6 is 9.39 Å². The fourth-order valence-electron chi connectivity index (χ4n) is 2.39. The molecule has 0 aliphatic carbocycles. The summed E-state index contributed by atoms with van der Waals surface area (Å²) >= 11 is 0. The van der Waals surface area contributed by atoms with E-state index in [4.69, 9.17) is 4.74 Å². The highest BCUT2D eigenvalue weighted by Gasteiger charge is 2.26. The minimum Gasteiger partial charge on any atom is -0.379 e. The van der Waals surface area contributed by atoms with E-state index in [1.54, 1.807) is 0 Å². The van der Waals surface area contributed by atoms with Crippen molar-refractivity contribution in [3.8, 4) is 0 Å². The molecule has 0 amide bonds. The van der Waals surface area contributed by atoms with E-state index in [2.05, 4.69) is 38.1 Å². The lowest BCUT2D eigenvalue weighted by molar-refractivity contribution is -0.00688. The topological polar surface area (TPSA) is 27.7 Å².